The molecule has 0 bridgehead atoms. The minimum atomic E-state index is -0.0500. The highest BCUT2D eigenvalue weighted by Crippen LogP contribution is 2.12. The van der Waals surface area contributed by atoms with Crippen LogP contribution in [0.5, 0.6) is 5.75 Å². The van der Waals surface area contributed by atoms with Crippen LogP contribution in [0.4, 0.5) is 0 Å². The monoisotopic (exact) mass is 256 g/mol. The first-order valence-corrected chi connectivity index (χ1v) is 5.97. The van der Waals surface area contributed by atoms with Crippen molar-refractivity contribution in [2.75, 3.05) is 7.11 Å². The predicted molar refractivity (Wildman–Crippen MR) is 74.3 cm³/mol. The smallest absolute Gasteiger partial charge is 0.185 e. The average molecular weight is 256 g/mol. The van der Waals surface area contributed by atoms with E-state index in [1.165, 1.54) is 6.08 Å². The maximum absolute atomic E-state index is 11.9. The Hall–Kier alpha value is -2.36. The molecule has 0 aliphatic carbocycles. The van der Waals surface area contributed by atoms with E-state index in [2.05, 4.69) is 5.10 Å². The van der Waals surface area contributed by atoms with Gasteiger partial charge in [0.15, 0.2) is 5.78 Å². The van der Waals surface area contributed by atoms with Gasteiger partial charge in [-0.2, -0.15) is 5.10 Å². The number of carbonyl (C=O) groups excluding carboxylic acids is 1. The van der Waals surface area contributed by atoms with E-state index in [9.17, 15) is 4.79 Å². The van der Waals surface area contributed by atoms with Crippen molar-refractivity contribution in [3.8, 4) is 5.75 Å². The topological polar surface area (TPSA) is 44.1 Å². The Kier molecular flexibility index (Phi) is 3.80. The highest BCUT2D eigenvalue weighted by atomic mass is 16.5. The van der Waals surface area contributed by atoms with Crippen molar-refractivity contribution in [2.24, 2.45) is 7.05 Å². The van der Waals surface area contributed by atoms with Crippen LogP contribution in [0.3, 0.4) is 0 Å². The lowest BCUT2D eigenvalue weighted by atomic mass is 10.1. The molecule has 0 amide bonds. The van der Waals surface area contributed by atoms with Gasteiger partial charge in [0.1, 0.15) is 5.75 Å². The molecule has 1 aromatic carbocycles. The minimum absolute atomic E-state index is 0.0500. The number of hydrogen-bond donors (Lipinski definition) is 0. The van der Waals surface area contributed by atoms with Crippen LogP contribution in [0.2, 0.25) is 0 Å². The molecule has 2 aromatic rings. The van der Waals surface area contributed by atoms with Crippen LogP contribution in [0, 0.1) is 6.92 Å². The van der Waals surface area contributed by atoms with Gasteiger partial charge in [-0.25, -0.2) is 0 Å². The van der Waals surface area contributed by atoms with E-state index in [4.69, 9.17) is 4.74 Å². The number of nitrogens with zero attached hydrogens (tertiary/aromatic N) is 2. The average Bonchev–Trinajstić information content (AvgIpc) is 2.75. The molecule has 4 heteroatoms. The maximum Gasteiger partial charge on any atom is 0.185 e. The number of allylic oxidation sites excluding steroid dienone is 1. The van der Waals surface area contributed by atoms with Crippen LogP contribution in [0.25, 0.3) is 6.08 Å². The summed E-state index contributed by atoms with van der Waals surface area (Å²) in [7, 11) is 3.47. The molecule has 2 rings (SSSR count). The van der Waals surface area contributed by atoms with Crippen LogP contribution in [0.1, 0.15) is 21.7 Å². The fourth-order valence-electron chi connectivity index (χ4n) is 1.68. The highest BCUT2D eigenvalue weighted by molar-refractivity contribution is 6.06. The van der Waals surface area contributed by atoms with Crippen molar-refractivity contribution in [2.45, 2.75) is 6.92 Å². The summed E-state index contributed by atoms with van der Waals surface area (Å²) in [6, 6.07) is 8.96. The summed E-state index contributed by atoms with van der Waals surface area (Å²) in [4.78, 5) is 11.9. The minimum Gasteiger partial charge on any atom is -0.497 e. The van der Waals surface area contributed by atoms with E-state index in [0.29, 0.717) is 5.56 Å². The lowest BCUT2D eigenvalue weighted by Gasteiger charge is -1.99. The molecule has 0 saturated heterocycles. The van der Waals surface area contributed by atoms with E-state index >= 15 is 0 Å². The molecule has 98 valence electrons. The molecule has 0 saturated carbocycles. The molecule has 0 aliphatic rings. The molecule has 0 spiro atoms. The number of benzene rings is 1. The lowest BCUT2D eigenvalue weighted by Crippen LogP contribution is -1.94. The molecular weight excluding hydrogens is 240 g/mol. The predicted octanol–water partition coefficient (Wildman–Crippen LogP) is 2.63. The van der Waals surface area contributed by atoms with Gasteiger partial charge in [-0.05, 0) is 49.4 Å². The zero-order chi connectivity index (χ0) is 13.8. The summed E-state index contributed by atoms with van der Waals surface area (Å²) in [5.41, 5.74) is 2.46. The first-order chi connectivity index (χ1) is 9.10. The number of rotatable bonds is 4. The van der Waals surface area contributed by atoms with Gasteiger partial charge in [0.25, 0.3) is 0 Å². The Morgan fingerprint density at radius 2 is 2.00 bits per heavy atom. The third-order valence-electron chi connectivity index (χ3n) is 2.91. The molecular formula is C15H16N2O2. The van der Waals surface area contributed by atoms with Gasteiger partial charge in [-0.1, -0.05) is 0 Å². The van der Waals surface area contributed by atoms with Gasteiger partial charge in [0, 0.05) is 18.3 Å². The fourth-order valence-corrected chi connectivity index (χ4v) is 1.68. The Morgan fingerprint density at radius 3 is 2.53 bits per heavy atom. The SMILES string of the molecule is COc1ccc(C(=O)/C=C/c2cc(C)n(C)n2)cc1. The Labute approximate surface area is 112 Å². The summed E-state index contributed by atoms with van der Waals surface area (Å²) in [5, 5.41) is 4.26. The summed E-state index contributed by atoms with van der Waals surface area (Å²) in [5.74, 6) is 0.687. The maximum atomic E-state index is 11.9. The van der Waals surface area contributed by atoms with Crippen LogP contribution in [-0.2, 0) is 7.05 Å². The van der Waals surface area contributed by atoms with E-state index in [1.807, 2.05) is 20.0 Å². The van der Waals surface area contributed by atoms with Gasteiger partial charge < -0.3 is 4.74 Å². The quantitative estimate of drug-likeness (QED) is 0.624. The van der Waals surface area contributed by atoms with Crippen LogP contribution in [-0.4, -0.2) is 22.7 Å². The van der Waals surface area contributed by atoms with Crippen LogP contribution < -0.4 is 4.74 Å². The molecule has 1 aromatic heterocycles. The van der Waals surface area contributed by atoms with E-state index in [1.54, 1.807) is 42.1 Å². The highest BCUT2D eigenvalue weighted by Gasteiger charge is 2.03. The van der Waals surface area contributed by atoms with Gasteiger partial charge >= 0.3 is 0 Å². The third kappa shape index (κ3) is 3.10. The molecule has 0 atom stereocenters. The molecule has 0 unspecified atom stereocenters. The Balaban J connectivity index is 2.11. The van der Waals surface area contributed by atoms with Crippen molar-refractivity contribution < 1.29 is 9.53 Å². The van der Waals surface area contributed by atoms with Crippen molar-refractivity contribution in [3.05, 3.63) is 53.4 Å². The number of aromatic nitrogens is 2. The van der Waals surface area contributed by atoms with Gasteiger partial charge in [0.2, 0.25) is 0 Å². The largest absolute Gasteiger partial charge is 0.497 e. The molecule has 19 heavy (non-hydrogen) atoms. The first kappa shape index (κ1) is 13.1. The number of ether oxygens (including phenoxy) is 1. The second-order valence-corrected chi connectivity index (χ2v) is 4.26. The van der Waals surface area contributed by atoms with Gasteiger partial charge in [-0.3, -0.25) is 9.48 Å². The van der Waals surface area contributed by atoms with Gasteiger partial charge in [0.05, 0.1) is 12.8 Å². The van der Waals surface area contributed by atoms with Crippen molar-refractivity contribution in [1.29, 1.82) is 0 Å². The molecule has 0 radical (unpaired) electrons. The number of methoxy groups -OCH3 is 1. The first-order valence-electron chi connectivity index (χ1n) is 5.97. The van der Waals surface area contributed by atoms with Crippen LogP contribution >= 0.6 is 0 Å². The van der Waals surface area contributed by atoms with Crippen molar-refractivity contribution in [3.63, 3.8) is 0 Å². The van der Waals surface area contributed by atoms with E-state index in [0.717, 1.165) is 17.1 Å². The number of ketones is 1. The second-order valence-electron chi connectivity index (χ2n) is 4.26. The molecule has 0 N–H and O–H groups in total. The summed E-state index contributed by atoms with van der Waals surface area (Å²) in [6.07, 6.45) is 3.25. The van der Waals surface area contributed by atoms with E-state index in [-0.39, 0.29) is 5.78 Å². The number of hydrogen-bond acceptors (Lipinski definition) is 3. The molecule has 4 nitrogen and oxygen atoms in total. The summed E-state index contributed by atoms with van der Waals surface area (Å²) >= 11 is 0. The standard InChI is InChI=1S/C15H16N2O2/c1-11-10-13(16-17(11)2)6-9-15(18)12-4-7-14(19-3)8-5-12/h4-10H,1-3H3/b9-6+. The number of aryl methyl sites for hydroxylation is 2. The lowest BCUT2D eigenvalue weighted by molar-refractivity contribution is 0.104. The van der Waals surface area contributed by atoms with Crippen LogP contribution in [0.15, 0.2) is 36.4 Å². The fraction of sp³-hybridized carbons (Fsp3) is 0.200. The Bertz CT molecular complexity index is 590. The normalized spacial score (nSPS) is 10.9. The molecule has 1 heterocycles. The second kappa shape index (κ2) is 5.52. The summed E-state index contributed by atoms with van der Waals surface area (Å²) < 4.78 is 6.83. The van der Waals surface area contributed by atoms with Gasteiger partial charge in [-0.15, -0.1) is 0 Å². The summed E-state index contributed by atoms with van der Waals surface area (Å²) in [6.45, 7) is 1.97. The van der Waals surface area contributed by atoms with E-state index < -0.39 is 0 Å². The Morgan fingerprint density at radius 1 is 1.32 bits per heavy atom. The zero-order valence-corrected chi connectivity index (χ0v) is 11.3. The number of carbonyl (C=O) groups is 1. The zero-order valence-electron chi connectivity index (χ0n) is 11.3. The van der Waals surface area contributed by atoms with Crippen molar-refractivity contribution >= 4 is 11.9 Å². The molecule has 0 fully saturated rings. The third-order valence-corrected chi connectivity index (χ3v) is 2.91. The molecule has 0 aliphatic heterocycles. The van der Waals surface area contributed by atoms with Crippen molar-refractivity contribution in [1.82, 2.24) is 9.78 Å².